The Balaban J connectivity index is 2.97. The van der Waals surface area contributed by atoms with Crippen molar-refractivity contribution in [1.29, 1.82) is 0 Å². The van der Waals surface area contributed by atoms with Crippen molar-refractivity contribution in [2.24, 2.45) is 0 Å². The maximum Gasteiger partial charge on any atom is 0.160 e. The number of halogens is 2. The lowest BCUT2D eigenvalue weighted by atomic mass is 10.4. The van der Waals surface area contributed by atoms with Gasteiger partial charge in [-0.3, -0.25) is 4.98 Å². The van der Waals surface area contributed by atoms with Gasteiger partial charge < -0.3 is 5.11 Å². The third-order valence-corrected chi connectivity index (χ3v) is 4.68. The lowest BCUT2D eigenvalue weighted by molar-refractivity contribution is 0.295. The SMILES string of the molecule is C[C@@H](CO)S(=O)(=O)Cc1ncc(Cl)cc1Cl. The molecular formula is C9H11Cl2NO3S. The Hall–Kier alpha value is -0.360. The molecule has 1 rings (SSSR count). The molecule has 0 radical (unpaired) electrons. The van der Waals surface area contributed by atoms with E-state index in [0.29, 0.717) is 5.02 Å². The summed E-state index contributed by atoms with van der Waals surface area (Å²) in [6.45, 7) is 1.01. The molecule has 1 N–H and O–H groups in total. The second-order valence-electron chi connectivity index (χ2n) is 3.38. The molecule has 0 aliphatic heterocycles. The zero-order valence-electron chi connectivity index (χ0n) is 8.52. The van der Waals surface area contributed by atoms with E-state index in [1.807, 2.05) is 0 Å². The molecular weight excluding hydrogens is 273 g/mol. The predicted octanol–water partition coefficient (Wildman–Crippen LogP) is 1.68. The fourth-order valence-corrected chi connectivity index (χ4v) is 2.64. The van der Waals surface area contributed by atoms with Gasteiger partial charge in [0.05, 0.1) is 33.3 Å². The highest BCUT2D eigenvalue weighted by atomic mass is 35.5. The molecule has 1 atom stereocenters. The van der Waals surface area contributed by atoms with Gasteiger partial charge in [0.1, 0.15) is 0 Å². The Bertz CT molecular complexity index is 476. The van der Waals surface area contributed by atoms with E-state index in [2.05, 4.69) is 4.98 Å². The topological polar surface area (TPSA) is 67.3 Å². The van der Waals surface area contributed by atoms with E-state index in [-0.39, 0.29) is 16.5 Å². The summed E-state index contributed by atoms with van der Waals surface area (Å²) < 4.78 is 23.4. The molecule has 0 aliphatic rings. The molecule has 16 heavy (non-hydrogen) atoms. The van der Waals surface area contributed by atoms with Gasteiger partial charge in [0.25, 0.3) is 0 Å². The highest BCUT2D eigenvalue weighted by Gasteiger charge is 2.22. The number of hydrogen-bond acceptors (Lipinski definition) is 4. The molecule has 1 heterocycles. The minimum absolute atomic E-state index is 0.209. The molecule has 0 spiro atoms. The van der Waals surface area contributed by atoms with Crippen LogP contribution in [-0.2, 0) is 15.6 Å². The largest absolute Gasteiger partial charge is 0.395 e. The van der Waals surface area contributed by atoms with Crippen LogP contribution in [0.1, 0.15) is 12.6 Å². The summed E-state index contributed by atoms with van der Waals surface area (Å²) >= 11 is 11.5. The van der Waals surface area contributed by atoms with Crippen LogP contribution in [0, 0.1) is 0 Å². The number of aliphatic hydroxyl groups excluding tert-OH is 1. The van der Waals surface area contributed by atoms with Crippen LogP contribution in [0.4, 0.5) is 0 Å². The normalized spacial score (nSPS) is 13.8. The monoisotopic (exact) mass is 283 g/mol. The lowest BCUT2D eigenvalue weighted by Gasteiger charge is -2.10. The number of pyridine rings is 1. The van der Waals surface area contributed by atoms with Gasteiger partial charge in [-0.1, -0.05) is 23.2 Å². The van der Waals surface area contributed by atoms with Gasteiger partial charge in [-0.15, -0.1) is 0 Å². The van der Waals surface area contributed by atoms with Crippen molar-refractivity contribution < 1.29 is 13.5 Å². The standard InChI is InChI=1S/C9H11Cl2NO3S/c1-6(4-13)16(14,15)5-9-8(11)2-7(10)3-12-9/h2-3,6,13H,4-5H2,1H3/t6-/m0/s1. The molecule has 90 valence electrons. The second-order valence-corrected chi connectivity index (χ2v) is 6.65. The van der Waals surface area contributed by atoms with Crippen LogP contribution in [0.25, 0.3) is 0 Å². The predicted molar refractivity (Wildman–Crippen MR) is 63.4 cm³/mol. The van der Waals surface area contributed by atoms with Gasteiger partial charge in [-0.25, -0.2) is 8.42 Å². The zero-order chi connectivity index (χ0) is 12.3. The van der Waals surface area contributed by atoms with Crippen molar-refractivity contribution >= 4 is 33.0 Å². The molecule has 1 aromatic heterocycles. The Kier molecular flexibility index (Phi) is 4.55. The Morgan fingerprint density at radius 1 is 1.50 bits per heavy atom. The summed E-state index contributed by atoms with van der Waals surface area (Å²) in [5, 5.41) is 8.53. The summed E-state index contributed by atoms with van der Waals surface area (Å²) in [7, 11) is -3.44. The van der Waals surface area contributed by atoms with Gasteiger partial charge in [0.15, 0.2) is 9.84 Å². The fraction of sp³-hybridized carbons (Fsp3) is 0.444. The summed E-state index contributed by atoms with van der Waals surface area (Å²) in [6.07, 6.45) is 1.34. The summed E-state index contributed by atoms with van der Waals surface area (Å²) in [5.74, 6) is -0.301. The van der Waals surface area contributed by atoms with Crippen LogP contribution in [-0.4, -0.2) is 30.4 Å². The number of sulfone groups is 1. The maximum absolute atomic E-state index is 11.7. The van der Waals surface area contributed by atoms with Crippen molar-refractivity contribution in [3.63, 3.8) is 0 Å². The molecule has 0 unspecified atom stereocenters. The van der Waals surface area contributed by atoms with E-state index < -0.39 is 21.7 Å². The van der Waals surface area contributed by atoms with E-state index >= 15 is 0 Å². The maximum atomic E-state index is 11.7. The number of nitrogens with zero attached hydrogens (tertiary/aromatic N) is 1. The highest BCUT2D eigenvalue weighted by molar-refractivity contribution is 7.91. The average Bonchev–Trinajstić information content (AvgIpc) is 2.21. The Morgan fingerprint density at radius 3 is 2.62 bits per heavy atom. The van der Waals surface area contributed by atoms with E-state index in [1.54, 1.807) is 0 Å². The van der Waals surface area contributed by atoms with Crippen LogP contribution in [0.15, 0.2) is 12.3 Å². The van der Waals surface area contributed by atoms with Crippen LogP contribution < -0.4 is 0 Å². The molecule has 0 fully saturated rings. The van der Waals surface area contributed by atoms with E-state index in [0.717, 1.165) is 0 Å². The van der Waals surface area contributed by atoms with E-state index in [1.165, 1.54) is 19.2 Å². The summed E-state index contributed by atoms with van der Waals surface area (Å²) in [4.78, 5) is 3.86. The van der Waals surface area contributed by atoms with Crippen LogP contribution >= 0.6 is 23.2 Å². The van der Waals surface area contributed by atoms with Crippen LogP contribution in [0.2, 0.25) is 10.0 Å². The summed E-state index contributed by atoms with van der Waals surface area (Å²) in [6, 6.07) is 1.44. The van der Waals surface area contributed by atoms with Crippen molar-refractivity contribution in [1.82, 2.24) is 4.98 Å². The van der Waals surface area contributed by atoms with Gasteiger partial charge in [0, 0.05) is 6.20 Å². The molecule has 1 aromatic rings. The average molecular weight is 284 g/mol. The molecule has 0 aliphatic carbocycles. The number of hydrogen-bond donors (Lipinski definition) is 1. The Morgan fingerprint density at radius 2 is 2.12 bits per heavy atom. The van der Waals surface area contributed by atoms with Crippen molar-refractivity contribution in [2.45, 2.75) is 17.9 Å². The van der Waals surface area contributed by atoms with Gasteiger partial charge in [0.2, 0.25) is 0 Å². The van der Waals surface area contributed by atoms with Crippen molar-refractivity contribution in [3.05, 3.63) is 28.0 Å². The molecule has 0 aromatic carbocycles. The number of aromatic nitrogens is 1. The Labute approximate surface area is 104 Å². The van der Waals surface area contributed by atoms with E-state index in [9.17, 15) is 8.42 Å². The minimum atomic E-state index is -3.44. The second kappa shape index (κ2) is 5.31. The number of aliphatic hydroxyl groups is 1. The minimum Gasteiger partial charge on any atom is -0.395 e. The third kappa shape index (κ3) is 3.31. The number of rotatable bonds is 4. The fourth-order valence-electron chi connectivity index (χ4n) is 0.995. The smallest absolute Gasteiger partial charge is 0.160 e. The third-order valence-electron chi connectivity index (χ3n) is 2.09. The molecule has 4 nitrogen and oxygen atoms in total. The van der Waals surface area contributed by atoms with E-state index in [4.69, 9.17) is 28.3 Å². The van der Waals surface area contributed by atoms with Crippen molar-refractivity contribution in [2.75, 3.05) is 6.61 Å². The first kappa shape index (κ1) is 13.7. The van der Waals surface area contributed by atoms with Gasteiger partial charge >= 0.3 is 0 Å². The molecule has 0 bridgehead atoms. The molecule has 0 amide bonds. The van der Waals surface area contributed by atoms with Crippen molar-refractivity contribution in [3.8, 4) is 0 Å². The summed E-state index contributed by atoms with van der Waals surface area (Å²) in [5.41, 5.74) is 0.242. The molecule has 0 saturated carbocycles. The molecule has 0 saturated heterocycles. The first-order valence-corrected chi connectivity index (χ1v) is 6.96. The molecule has 7 heteroatoms. The quantitative estimate of drug-likeness (QED) is 0.913. The van der Waals surface area contributed by atoms with Crippen LogP contribution in [0.3, 0.4) is 0 Å². The first-order chi connectivity index (χ1) is 7.36. The van der Waals surface area contributed by atoms with Gasteiger partial charge in [-0.2, -0.15) is 0 Å². The van der Waals surface area contributed by atoms with Gasteiger partial charge in [-0.05, 0) is 13.0 Å². The lowest BCUT2D eigenvalue weighted by Crippen LogP contribution is -2.23. The van der Waals surface area contributed by atoms with Crippen LogP contribution in [0.5, 0.6) is 0 Å². The zero-order valence-corrected chi connectivity index (χ0v) is 10.8. The highest BCUT2D eigenvalue weighted by Crippen LogP contribution is 2.21. The first-order valence-electron chi connectivity index (χ1n) is 4.49.